The molecule has 0 radical (unpaired) electrons. The van der Waals surface area contributed by atoms with E-state index >= 15 is 0 Å². The molecule has 1 aromatic carbocycles. The number of carbonyl (C=O) groups is 2. The summed E-state index contributed by atoms with van der Waals surface area (Å²) in [5.74, 6) is -2.75. The number of ether oxygens (including phenoxy) is 2. The molecule has 6 nitrogen and oxygen atoms in total. The van der Waals surface area contributed by atoms with Crippen molar-refractivity contribution in [2.45, 2.75) is 43.0 Å². The second-order valence-electron chi connectivity index (χ2n) is 7.25. The van der Waals surface area contributed by atoms with Gasteiger partial charge in [0.2, 0.25) is 0 Å². The summed E-state index contributed by atoms with van der Waals surface area (Å²) < 4.78 is 25.1. The first-order chi connectivity index (χ1) is 12.2. The van der Waals surface area contributed by atoms with Crippen molar-refractivity contribution in [2.75, 3.05) is 20.6 Å². The second-order valence-corrected chi connectivity index (χ2v) is 7.68. The molecule has 1 saturated carbocycles. The zero-order valence-corrected chi connectivity index (χ0v) is 15.4. The van der Waals surface area contributed by atoms with Crippen molar-refractivity contribution < 1.29 is 28.6 Å². The Morgan fingerprint density at radius 2 is 2.08 bits per heavy atom. The van der Waals surface area contributed by atoms with Crippen LogP contribution in [0, 0.1) is 5.82 Å². The highest BCUT2D eigenvalue weighted by atomic mass is 35.5. The van der Waals surface area contributed by atoms with Crippen LogP contribution in [0.2, 0.25) is 5.02 Å². The lowest BCUT2D eigenvalue weighted by Gasteiger charge is -2.55. The Labute approximate surface area is 155 Å². The third-order valence-electron chi connectivity index (χ3n) is 5.10. The topological polar surface area (TPSA) is 76.1 Å². The minimum Gasteiger partial charge on any atom is -0.450 e. The summed E-state index contributed by atoms with van der Waals surface area (Å²) in [6, 6.07) is 4.21. The number of hydrogen-bond acceptors (Lipinski definition) is 6. The first-order valence-corrected chi connectivity index (χ1v) is 8.80. The molecule has 8 heteroatoms. The van der Waals surface area contributed by atoms with Gasteiger partial charge in [-0.1, -0.05) is 17.7 Å². The smallest absolute Gasteiger partial charge is 0.418 e. The van der Waals surface area contributed by atoms with Crippen LogP contribution < -0.4 is 0 Å². The lowest BCUT2D eigenvalue weighted by molar-refractivity contribution is -0.270. The molecule has 0 spiro atoms. The minimum atomic E-state index is -1.59. The van der Waals surface area contributed by atoms with Gasteiger partial charge < -0.3 is 19.5 Å². The molecule has 1 N–H and O–H groups in total. The van der Waals surface area contributed by atoms with E-state index in [0.29, 0.717) is 12.8 Å². The predicted molar refractivity (Wildman–Crippen MR) is 91.2 cm³/mol. The van der Waals surface area contributed by atoms with Crippen molar-refractivity contribution in [3.8, 4) is 0 Å². The van der Waals surface area contributed by atoms with Gasteiger partial charge in [0.05, 0.1) is 0 Å². The Morgan fingerprint density at radius 3 is 2.73 bits per heavy atom. The van der Waals surface area contributed by atoms with E-state index in [0.717, 1.165) is 0 Å². The van der Waals surface area contributed by atoms with Gasteiger partial charge in [-0.15, -0.1) is 0 Å². The van der Waals surface area contributed by atoms with Gasteiger partial charge in [-0.05, 0) is 51.1 Å². The van der Waals surface area contributed by atoms with Crippen LogP contribution in [0.3, 0.4) is 0 Å². The number of nitrogens with zero attached hydrogens (tertiary/aromatic N) is 1. The Bertz CT molecular complexity index is 742. The highest BCUT2D eigenvalue weighted by Crippen LogP contribution is 2.46. The summed E-state index contributed by atoms with van der Waals surface area (Å²) in [5, 5.41) is 11.8. The molecule has 3 atom stereocenters. The van der Waals surface area contributed by atoms with Crippen LogP contribution in [0.1, 0.15) is 24.8 Å². The zero-order valence-electron chi connectivity index (χ0n) is 14.6. The number of carbonyl (C=O) groups excluding carboxylic acids is 2. The predicted octanol–water partition coefficient (Wildman–Crippen LogP) is 1.71. The third-order valence-corrected chi connectivity index (χ3v) is 5.34. The van der Waals surface area contributed by atoms with E-state index in [9.17, 15) is 19.1 Å². The maximum atomic E-state index is 14.3. The molecule has 1 saturated heterocycles. The van der Waals surface area contributed by atoms with Gasteiger partial charge in [0.15, 0.2) is 5.60 Å². The SMILES string of the molecule is CN(C)CC12OC(=O)C(=O)OC1CCCC2(O)Cc1ccc(Cl)cc1F. The van der Waals surface area contributed by atoms with Crippen LogP contribution in [0.15, 0.2) is 18.2 Å². The Hall–Kier alpha value is -1.70. The summed E-state index contributed by atoms with van der Waals surface area (Å²) in [6.07, 6.45) is 0.411. The van der Waals surface area contributed by atoms with Crippen molar-refractivity contribution in [1.82, 2.24) is 4.90 Å². The molecule has 0 aromatic heterocycles. The summed E-state index contributed by atoms with van der Waals surface area (Å²) >= 11 is 5.80. The molecule has 3 unspecified atom stereocenters. The standard InChI is InChI=1S/C18H21ClFNO5/c1-21(2)10-18-14(25-15(22)16(23)26-18)4-3-7-17(18,24)9-11-5-6-12(19)8-13(11)20/h5-6,8,14,24H,3-4,7,9-10H2,1-2H3. The van der Waals surface area contributed by atoms with Gasteiger partial charge in [-0.2, -0.15) is 0 Å². The molecular weight excluding hydrogens is 365 g/mol. The first-order valence-electron chi connectivity index (χ1n) is 8.42. The summed E-state index contributed by atoms with van der Waals surface area (Å²) in [6.45, 7) is 0.141. The van der Waals surface area contributed by atoms with Gasteiger partial charge in [0.25, 0.3) is 0 Å². The number of rotatable bonds is 4. The van der Waals surface area contributed by atoms with E-state index in [1.165, 1.54) is 18.2 Å². The van der Waals surface area contributed by atoms with Crippen molar-refractivity contribution in [3.63, 3.8) is 0 Å². The summed E-state index contributed by atoms with van der Waals surface area (Å²) in [7, 11) is 3.52. The van der Waals surface area contributed by atoms with Gasteiger partial charge in [-0.3, -0.25) is 0 Å². The molecule has 1 heterocycles. The molecule has 1 aliphatic carbocycles. The van der Waals surface area contributed by atoms with Gasteiger partial charge in [0.1, 0.15) is 17.5 Å². The monoisotopic (exact) mass is 385 g/mol. The molecule has 3 rings (SSSR count). The molecule has 2 fully saturated rings. The van der Waals surface area contributed by atoms with Crippen LogP contribution >= 0.6 is 11.6 Å². The van der Waals surface area contributed by atoms with Crippen LogP contribution in [0.25, 0.3) is 0 Å². The highest BCUT2D eigenvalue weighted by molar-refractivity contribution is 6.30. The van der Waals surface area contributed by atoms with Crippen molar-refractivity contribution in [2.24, 2.45) is 0 Å². The first kappa shape index (κ1) is 19.1. The average molecular weight is 386 g/mol. The maximum Gasteiger partial charge on any atom is 0.418 e. The van der Waals surface area contributed by atoms with Gasteiger partial charge in [-0.25, -0.2) is 14.0 Å². The van der Waals surface area contributed by atoms with E-state index in [1.807, 2.05) is 0 Å². The number of esters is 2. The number of aliphatic hydroxyl groups is 1. The van der Waals surface area contributed by atoms with Gasteiger partial charge >= 0.3 is 11.9 Å². The van der Waals surface area contributed by atoms with E-state index in [4.69, 9.17) is 21.1 Å². The van der Waals surface area contributed by atoms with E-state index in [1.54, 1.807) is 19.0 Å². The van der Waals surface area contributed by atoms with Crippen LogP contribution in [0.4, 0.5) is 4.39 Å². The molecule has 0 bridgehead atoms. The normalized spacial score (nSPS) is 31.4. The molecule has 1 aromatic rings. The molecule has 26 heavy (non-hydrogen) atoms. The second kappa shape index (κ2) is 6.79. The fourth-order valence-corrected chi connectivity index (χ4v) is 4.15. The van der Waals surface area contributed by atoms with Crippen molar-refractivity contribution >= 4 is 23.5 Å². The highest BCUT2D eigenvalue weighted by Gasteiger charge is 2.64. The minimum absolute atomic E-state index is 0.0921. The largest absolute Gasteiger partial charge is 0.450 e. The van der Waals surface area contributed by atoms with Crippen molar-refractivity contribution in [1.29, 1.82) is 0 Å². The molecule has 0 amide bonds. The van der Waals surface area contributed by atoms with Gasteiger partial charge in [0, 0.05) is 18.0 Å². The number of fused-ring (bicyclic) bond motifs is 1. The zero-order chi connectivity index (χ0) is 19.1. The van der Waals surface area contributed by atoms with Crippen LogP contribution in [-0.4, -0.2) is 59.9 Å². The molecule has 2 aliphatic rings. The van der Waals surface area contributed by atoms with E-state index < -0.39 is 35.1 Å². The maximum absolute atomic E-state index is 14.3. The number of halogens is 2. The molecular formula is C18H21ClFNO5. The van der Waals surface area contributed by atoms with Crippen LogP contribution in [-0.2, 0) is 25.5 Å². The lowest BCUT2D eigenvalue weighted by atomic mass is 9.66. The fraction of sp³-hybridized carbons (Fsp3) is 0.556. The van der Waals surface area contributed by atoms with Crippen molar-refractivity contribution in [3.05, 3.63) is 34.6 Å². The van der Waals surface area contributed by atoms with E-state index in [2.05, 4.69) is 0 Å². The third kappa shape index (κ3) is 3.19. The summed E-state index contributed by atoms with van der Waals surface area (Å²) in [4.78, 5) is 25.4. The Kier molecular flexibility index (Phi) is 4.98. The number of benzene rings is 1. The van der Waals surface area contributed by atoms with E-state index in [-0.39, 0.29) is 30.0 Å². The number of hydrogen-bond donors (Lipinski definition) is 1. The summed E-state index contributed by atoms with van der Waals surface area (Å²) in [5.41, 5.74) is -2.81. The molecule has 1 aliphatic heterocycles. The number of likely N-dealkylation sites (N-methyl/N-ethyl adjacent to an activating group) is 1. The quantitative estimate of drug-likeness (QED) is 0.628. The fourth-order valence-electron chi connectivity index (χ4n) is 3.99. The average Bonchev–Trinajstić information content (AvgIpc) is 2.53. The lowest BCUT2D eigenvalue weighted by Crippen LogP contribution is -2.73. The van der Waals surface area contributed by atoms with Crippen LogP contribution in [0.5, 0.6) is 0 Å². The Balaban J connectivity index is 2.03. The Morgan fingerprint density at radius 1 is 1.35 bits per heavy atom. The molecule has 142 valence electrons.